The van der Waals surface area contributed by atoms with E-state index in [0.29, 0.717) is 5.69 Å². The fraction of sp³-hybridized carbons (Fsp3) is 0.231. The van der Waals surface area contributed by atoms with Crippen molar-refractivity contribution < 1.29 is 13.6 Å². The monoisotopic (exact) mass is 250 g/mol. The summed E-state index contributed by atoms with van der Waals surface area (Å²) in [5.41, 5.74) is 0.494. The minimum absolute atomic E-state index is 0.209. The molecule has 0 bridgehead atoms. The van der Waals surface area contributed by atoms with Crippen molar-refractivity contribution >= 4 is 5.78 Å². The zero-order valence-electron chi connectivity index (χ0n) is 10.3. The summed E-state index contributed by atoms with van der Waals surface area (Å²) in [6, 6.07) is 2.40. The molecule has 0 atom stereocenters. The van der Waals surface area contributed by atoms with E-state index in [4.69, 9.17) is 0 Å². The molecule has 0 saturated heterocycles. The van der Waals surface area contributed by atoms with Crippen molar-refractivity contribution in [3.8, 4) is 0 Å². The van der Waals surface area contributed by atoms with Gasteiger partial charge in [0.1, 0.15) is 11.6 Å². The Morgan fingerprint density at radius 3 is 2.50 bits per heavy atom. The van der Waals surface area contributed by atoms with E-state index >= 15 is 0 Å². The van der Waals surface area contributed by atoms with Crippen LogP contribution in [0.3, 0.4) is 0 Å². The lowest BCUT2D eigenvalue weighted by Gasteiger charge is -2.06. The van der Waals surface area contributed by atoms with Gasteiger partial charge in [-0.3, -0.25) is 9.48 Å². The number of carbonyl (C=O) groups excluding carboxylic acids is 1. The first kappa shape index (κ1) is 12.4. The number of hydrogen-bond acceptors (Lipinski definition) is 2. The molecule has 0 unspecified atom stereocenters. The van der Waals surface area contributed by atoms with Crippen molar-refractivity contribution in [2.45, 2.75) is 13.8 Å². The van der Waals surface area contributed by atoms with Crippen LogP contribution in [-0.2, 0) is 7.05 Å². The summed E-state index contributed by atoms with van der Waals surface area (Å²) >= 11 is 0. The number of rotatable bonds is 2. The second-order valence-corrected chi connectivity index (χ2v) is 4.15. The Morgan fingerprint density at radius 2 is 1.94 bits per heavy atom. The number of ketones is 1. The molecule has 0 aliphatic rings. The molecule has 2 rings (SSSR count). The Morgan fingerprint density at radius 1 is 1.28 bits per heavy atom. The number of aromatic nitrogens is 2. The van der Waals surface area contributed by atoms with E-state index in [9.17, 15) is 13.6 Å². The van der Waals surface area contributed by atoms with Gasteiger partial charge < -0.3 is 0 Å². The normalized spacial score (nSPS) is 10.7. The predicted molar refractivity (Wildman–Crippen MR) is 62.5 cm³/mol. The van der Waals surface area contributed by atoms with E-state index in [0.717, 1.165) is 6.07 Å². The second-order valence-electron chi connectivity index (χ2n) is 4.15. The van der Waals surface area contributed by atoms with Crippen LogP contribution in [-0.4, -0.2) is 15.6 Å². The summed E-state index contributed by atoms with van der Waals surface area (Å²) in [5, 5.41) is 3.90. The van der Waals surface area contributed by atoms with Crippen molar-refractivity contribution in [1.82, 2.24) is 9.78 Å². The third-order valence-electron chi connectivity index (χ3n) is 2.99. The standard InChI is InChI=1S/C13H12F2N2O/c1-7-4-5-10(14)11(12(7)15)13(18)9-6-16-17(3)8(9)2/h4-6H,1-3H3. The molecule has 0 fully saturated rings. The first-order valence-electron chi connectivity index (χ1n) is 5.41. The average Bonchev–Trinajstić information content (AvgIpc) is 2.65. The van der Waals surface area contributed by atoms with Gasteiger partial charge in [0.05, 0.1) is 17.3 Å². The molecular weight excluding hydrogens is 238 g/mol. The number of halogens is 2. The topological polar surface area (TPSA) is 34.9 Å². The molecule has 0 saturated carbocycles. The molecule has 18 heavy (non-hydrogen) atoms. The number of hydrogen-bond donors (Lipinski definition) is 0. The van der Waals surface area contributed by atoms with Crippen LogP contribution in [0.1, 0.15) is 27.2 Å². The summed E-state index contributed by atoms with van der Waals surface area (Å²) in [7, 11) is 1.66. The van der Waals surface area contributed by atoms with Gasteiger partial charge in [0.25, 0.3) is 0 Å². The van der Waals surface area contributed by atoms with E-state index in [1.807, 2.05) is 0 Å². The summed E-state index contributed by atoms with van der Waals surface area (Å²) in [5.74, 6) is -2.35. The molecule has 0 spiro atoms. The molecule has 0 N–H and O–H groups in total. The second kappa shape index (κ2) is 4.33. The van der Waals surface area contributed by atoms with E-state index in [2.05, 4.69) is 5.10 Å². The molecule has 5 heteroatoms. The number of aryl methyl sites for hydroxylation is 2. The van der Waals surface area contributed by atoms with Gasteiger partial charge in [0, 0.05) is 12.7 Å². The van der Waals surface area contributed by atoms with Crippen molar-refractivity contribution in [3.63, 3.8) is 0 Å². The van der Waals surface area contributed by atoms with Crippen LogP contribution in [0.2, 0.25) is 0 Å². The van der Waals surface area contributed by atoms with Gasteiger partial charge in [-0.25, -0.2) is 8.78 Å². The van der Waals surface area contributed by atoms with Crippen LogP contribution < -0.4 is 0 Å². The quantitative estimate of drug-likeness (QED) is 0.768. The highest BCUT2D eigenvalue weighted by atomic mass is 19.1. The minimum atomic E-state index is -0.855. The number of carbonyl (C=O) groups is 1. The maximum Gasteiger partial charge on any atom is 0.202 e. The molecule has 0 amide bonds. The maximum absolute atomic E-state index is 13.8. The van der Waals surface area contributed by atoms with E-state index in [1.165, 1.54) is 23.9 Å². The van der Waals surface area contributed by atoms with Gasteiger partial charge in [0.2, 0.25) is 5.78 Å². The summed E-state index contributed by atoms with van der Waals surface area (Å²) in [6.07, 6.45) is 1.32. The minimum Gasteiger partial charge on any atom is -0.288 e. The molecule has 94 valence electrons. The van der Waals surface area contributed by atoms with Crippen molar-refractivity contribution in [3.05, 3.63) is 52.3 Å². The molecule has 0 aliphatic heterocycles. The average molecular weight is 250 g/mol. The SMILES string of the molecule is Cc1ccc(F)c(C(=O)c2cnn(C)c2C)c1F. The lowest BCUT2D eigenvalue weighted by molar-refractivity contribution is 0.103. The van der Waals surface area contributed by atoms with Crippen LogP contribution in [0.4, 0.5) is 8.78 Å². The Balaban J connectivity index is 2.60. The van der Waals surface area contributed by atoms with Gasteiger partial charge in [-0.2, -0.15) is 5.10 Å². The Kier molecular flexibility index (Phi) is 2.98. The number of nitrogens with zero attached hydrogens (tertiary/aromatic N) is 2. The molecule has 0 radical (unpaired) electrons. The molecule has 3 nitrogen and oxygen atoms in total. The van der Waals surface area contributed by atoms with Crippen LogP contribution in [0.25, 0.3) is 0 Å². The van der Waals surface area contributed by atoms with E-state index < -0.39 is 23.0 Å². The highest BCUT2D eigenvalue weighted by Crippen LogP contribution is 2.21. The van der Waals surface area contributed by atoms with E-state index in [-0.39, 0.29) is 11.1 Å². The van der Waals surface area contributed by atoms with Crippen LogP contribution in [0.5, 0.6) is 0 Å². The van der Waals surface area contributed by atoms with Crippen molar-refractivity contribution in [2.24, 2.45) is 7.05 Å². The predicted octanol–water partition coefficient (Wildman–Crippen LogP) is 2.55. The first-order valence-corrected chi connectivity index (χ1v) is 5.41. The fourth-order valence-corrected chi connectivity index (χ4v) is 1.72. The maximum atomic E-state index is 13.8. The smallest absolute Gasteiger partial charge is 0.202 e. The molecule has 1 aromatic heterocycles. The molecule has 0 aliphatic carbocycles. The lowest BCUT2D eigenvalue weighted by atomic mass is 10.0. The summed E-state index contributed by atoms with van der Waals surface area (Å²) < 4.78 is 29.0. The fourth-order valence-electron chi connectivity index (χ4n) is 1.72. The first-order chi connectivity index (χ1) is 8.43. The van der Waals surface area contributed by atoms with Gasteiger partial charge in [-0.15, -0.1) is 0 Å². The Bertz CT molecular complexity index is 632. The zero-order chi connectivity index (χ0) is 13.4. The van der Waals surface area contributed by atoms with Gasteiger partial charge in [-0.05, 0) is 25.5 Å². The van der Waals surface area contributed by atoms with Gasteiger partial charge in [0.15, 0.2) is 0 Å². The molecule has 1 aromatic carbocycles. The van der Waals surface area contributed by atoms with Crippen LogP contribution in [0, 0.1) is 25.5 Å². The van der Waals surface area contributed by atoms with Gasteiger partial charge in [-0.1, -0.05) is 6.07 Å². The zero-order valence-corrected chi connectivity index (χ0v) is 10.3. The highest BCUT2D eigenvalue weighted by molar-refractivity contribution is 6.10. The lowest BCUT2D eigenvalue weighted by Crippen LogP contribution is -2.10. The van der Waals surface area contributed by atoms with Crippen LogP contribution in [0.15, 0.2) is 18.3 Å². The Hall–Kier alpha value is -2.04. The summed E-state index contributed by atoms with van der Waals surface area (Å²) in [6.45, 7) is 3.16. The molecule has 2 aromatic rings. The van der Waals surface area contributed by atoms with Crippen molar-refractivity contribution in [2.75, 3.05) is 0 Å². The highest BCUT2D eigenvalue weighted by Gasteiger charge is 2.23. The molecule has 1 heterocycles. The molecular formula is C13H12F2N2O. The number of benzene rings is 1. The van der Waals surface area contributed by atoms with Gasteiger partial charge >= 0.3 is 0 Å². The van der Waals surface area contributed by atoms with Crippen LogP contribution >= 0.6 is 0 Å². The third-order valence-corrected chi connectivity index (χ3v) is 2.99. The van der Waals surface area contributed by atoms with Crippen molar-refractivity contribution in [1.29, 1.82) is 0 Å². The Labute approximate surface area is 103 Å². The summed E-state index contributed by atoms with van der Waals surface area (Å²) in [4.78, 5) is 12.1. The third kappa shape index (κ3) is 1.81. The largest absolute Gasteiger partial charge is 0.288 e. The van der Waals surface area contributed by atoms with E-state index in [1.54, 1.807) is 14.0 Å².